The highest BCUT2D eigenvalue weighted by atomic mass is 19.1. The molecule has 1 aliphatic heterocycles. The number of benzene rings is 2. The summed E-state index contributed by atoms with van der Waals surface area (Å²) in [7, 11) is 3.96. The molecule has 2 aromatic heterocycles. The van der Waals surface area contributed by atoms with Gasteiger partial charge in [0.1, 0.15) is 17.7 Å². The second-order valence-corrected chi connectivity index (χ2v) is 11.0. The van der Waals surface area contributed by atoms with E-state index in [1.807, 2.05) is 69.2 Å². The van der Waals surface area contributed by atoms with Gasteiger partial charge in [0.15, 0.2) is 0 Å². The van der Waals surface area contributed by atoms with Crippen molar-refractivity contribution in [3.63, 3.8) is 0 Å². The van der Waals surface area contributed by atoms with E-state index in [2.05, 4.69) is 15.5 Å². The van der Waals surface area contributed by atoms with Crippen molar-refractivity contribution in [2.45, 2.75) is 39.2 Å². The van der Waals surface area contributed by atoms with Crippen LogP contribution in [0.3, 0.4) is 0 Å². The molecule has 43 heavy (non-hydrogen) atoms. The van der Waals surface area contributed by atoms with E-state index >= 15 is 0 Å². The Kier molecular flexibility index (Phi) is 9.04. The largest absolute Gasteiger partial charge is 0.474 e. The molecule has 0 spiro atoms. The first-order valence-corrected chi connectivity index (χ1v) is 14.4. The minimum absolute atomic E-state index is 0.0591. The van der Waals surface area contributed by atoms with Crippen molar-refractivity contribution in [3.8, 4) is 17.0 Å². The molecule has 1 aliphatic rings. The van der Waals surface area contributed by atoms with Crippen molar-refractivity contribution in [2.75, 3.05) is 38.6 Å². The molecule has 224 valence electrons. The molecule has 0 bridgehead atoms. The van der Waals surface area contributed by atoms with Gasteiger partial charge in [-0.3, -0.25) is 9.59 Å². The average molecular weight is 586 g/mol. The van der Waals surface area contributed by atoms with Gasteiger partial charge < -0.3 is 24.4 Å². The number of rotatable bonds is 9. The first-order chi connectivity index (χ1) is 20.7. The molecule has 0 atom stereocenters. The van der Waals surface area contributed by atoms with Crippen LogP contribution in [0.5, 0.6) is 5.88 Å². The lowest BCUT2D eigenvalue weighted by atomic mass is 10.0. The van der Waals surface area contributed by atoms with E-state index in [-0.39, 0.29) is 23.1 Å². The lowest BCUT2D eigenvalue weighted by Crippen LogP contribution is -2.42. The van der Waals surface area contributed by atoms with Gasteiger partial charge in [0.2, 0.25) is 5.88 Å². The lowest BCUT2D eigenvalue weighted by Gasteiger charge is -2.32. The Balaban J connectivity index is 1.16. The number of pyridine rings is 1. The third-order valence-corrected chi connectivity index (χ3v) is 7.68. The smallest absolute Gasteiger partial charge is 0.254 e. The molecule has 4 aromatic rings. The van der Waals surface area contributed by atoms with Crippen molar-refractivity contribution >= 4 is 17.5 Å². The van der Waals surface area contributed by atoms with Gasteiger partial charge in [0, 0.05) is 75.6 Å². The lowest BCUT2D eigenvalue weighted by molar-refractivity contribution is 0.0584. The minimum atomic E-state index is -0.565. The molecule has 0 saturated carbocycles. The van der Waals surface area contributed by atoms with Crippen LogP contribution in [0.2, 0.25) is 0 Å². The first kappa shape index (κ1) is 29.8. The zero-order chi connectivity index (χ0) is 30.5. The van der Waals surface area contributed by atoms with Crippen LogP contribution in [0.25, 0.3) is 11.1 Å². The van der Waals surface area contributed by atoms with E-state index in [0.29, 0.717) is 44.8 Å². The Morgan fingerprint density at radius 1 is 1.05 bits per heavy atom. The molecule has 2 amide bonds. The monoisotopic (exact) mass is 585 g/mol. The summed E-state index contributed by atoms with van der Waals surface area (Å²) in [6.45, 7) is 4.97. The number of aryl methyl sites for hydroxylation is 2. The van der Waals surface area contributed by atoms with E-state index in [0.717, 1.165) is 39.9 Å². The Labute approximate surface area is 250 Å². The number of carbonyl (C=O) groups is 2. The molecule has 1 N–H and O–H groups in total. The topological polar surface area (TPSA) is 101 Å². The zero-order valence-electron chi connectivity index (χ0n) is 24.9. The number of nitrogens with one attached hydrogen (secondary N) is 1. The highest BCUT2D eigenvalue weighted by Gasteiger charge is 2.28. The van der Waals surface area contributed by atoms with Crippen LogP contribution in [-0.2, 0) is 6.42 Å². The van der Waals surface area contributed by atoms with Gasteiger partial charge in [-0.15, -0.1) is 0 Å². The molecule has 10 heteroatoms. The summed E-state index contributed by atoms with van der Waals surface area (Å²) in [4.78, 5) is 34.6. The average Bonchev–Trinajstić information content (AvgIpc) is 3.35. The van der Waals surface area contributed by atoms with Crippen molar-refractivity contribution < 1.29 is 23.2 Å². The quantitative estimate of drug-likeness (QED) is 0.288. The summed E-state index contributed by atoms with van der Waals surface area (Å²) in [5.41, 5.74) is 5.02. The molecule has 2 aromatic carbocycles. The number of nitrogens with zero attached hydrogens (tertiary/aromatic N) is 4. The number of hydrogen-bond acceptors (Lipinski definition) is 7. The Morgan fingerprint density at radius 2 is 1.79 bits per heavy atom. The van der Waals surface area contributed by atoms with E-state index in [1.54, 1.807) is 11.1 Å². The molecule has 1 saturated heterocycles. The molecule has 0 unspecified atom stereocenters. The fourth-order valence-corrected chi connectivity index (χ4v) is 5.28. The number of aromatic nitrogens is 2. The minimum Gasteiger partial charge on any atom is -0.474 e. The van der Waals surface area contributed by atoms with Crippen LogP contribution in [0.4, 0.5) is 10.1 Å². The van der Waals surface area contributed by atoms with Gasteiger partial charge >= 0.3 is 0 Å². The molecule has 1 fully saturated rings. The molecule has 0 radical (unpaired) electrons. The van der Waals surface area contributed by atoms with Crippen molar-refractivity contribution in [1.29, 1.82) is 0 Å². The van der Waals surface area contributed by atoms with Crippen LogP contribution in [0.1, 0.15) is 50.6 Å². The molecular weight excluding hydrogens is 549 g/mol. The second-order valence-electron chi connectivity index (χ2n) is 11.0. The van der Waals surface area contributed by atoms with E-state index < -0.39 is 11.7 Å². The second kappa shape index (κ2) is 13.1. The van der Waals surface area contributed by atoms with Crippen molar-refractivity contribution in [3.05, 3.63) is 94.8 Å². The maximum absolute atomic E-state index is 14.2. The van der Waals surface area contributed by atoms with Crippen LogP contribution in [0.15, 0.2) is 65.3 Å². The summed E-state index contributed by atoms with van der Waals surface area (Å²) in [6.07, 6.45) is 3.42. The number of halogens is 1. The normalized spacial score (nSPS) is 13.6. The molecule has 9 nitrogen and oxygen atoms in total. The van der Waals surface area contributed by atoms with Crippen LogP contribution in [0, 0.1) is 19.7 Å². The van der Waals surface area contributed by atoms with E-state index in [1.165, 1.54) is 12.1 Å². The number of hydrogen-bond donors (Lipinski definition) is 1. The molecular formula is C33H36FN5O4. The number of likely N-dealkylation sites (tertiary alicyclic amines) is 1. The predicted molar refractivity (Wildman–Crippen MR) is 162 cm³/mol. The number of anilines is 1. The predicted octanol–water partition coefficient (Wildman–Crippen LogP) is 5.21. The maximum Gasteiger partial charge on any atom is 0.254 e. The summed E-state index contributed by atoms with van der Waals surface area (Å²) >= 11 is 0. The van der Waals surface area contributed by atoms with Gasteiger partial charge in [-0.25, -0.2) is 9.37 Å². The highest BCUT2D eigenvalue weighted by molar-refractivity contribution is 6.07. The number of ether oxygens (including phenoxy) is 1. The summed E-state index contributed by atoms with van der Waals surface area (Å²) in [5, 5.41) is 6.87. The summed E-state index contributed by atoms with van der Waals surface area (Å²) < 4.78 is 25.6. The SMILES string of the molecule is Cc1noc(C)c1-c1ccc(OC2CCN(C(=O)c3cc(F)ccc3C(=O)NCCc3ccc(N(C)C)cc3)CC2)nc1. The summed E-state index contributed by atoms with van der Waals surface area (Å²) in [5.74, 6) is -0.111. The fourth-order valence-electron chi connectivity index (χ4n) is 5.28. The summed E-state index contributed by atoms with van der Waals surface area (Å²) in [6, 6.07) is 15.5. The van der Waals surface area contributed by atoms with Crippen molar-refractivity contribution in [2.24, 2.45) is 0 Å². The van der Waals surface area contributed by atoms with Crippen LogP contribution < -0.4 is 15.0 Å². The third kappa shape index (κ3) is 7.02. The van der Waals surface area contributed by atoms with Crippen LogP contribution in [-0.4, -0.2) is 66.7 Å². The maximum atomic E-state index is 14.2. The van der Waals surface area contributed by atoms with Gasteiger partial charge in [-0.2, -0.15) is 0 Å². The van der Waals surface area contributed by atoms with Gasteiger partial charge in [0.05, 0.1) is 16.8 Å². The number of carbonyl (C=O) groups excluding carboxylic acids is 2. The van der Waals surface area contributed by atoms with E-state index in [4.69, 9.17) is 9.26 Å². The number of piperidine rings is 1. The van der Waals surface area contributed by atoms with Crippen molar-refractivity contribution in [1.82, 2.24) is 20.4 Å². The Bertz CT molecular complexity index is 1560. The van der Waals surface area contributed by atoms with Gasteiger partial charge in [-0.1, -0.05) is 17.3 Å². The molecule has 0 aliphatic carbocycles. The molecule has 5 rings (SSSR count). The highest BCUT2D eigenvalue weighted by Crippen LogP contribution is 2.28. The number of amides is 2. The van der Waals surface area contributed by atoms with E-state index in [9.17, 15) is 14.0 Å². The van der Waals surface area contributed by atoms with Gasteiger partial charge in [0.25, 0.3) is 11.8 Å². The fraction of sp³-hybridized carbons (Fsp3) is 0.333. The zero-order valence-corrected chi connectivity index (χ0v) is 24.9. The Hall–Kier alpha value is -4.73. The molecule has 3 heterocycles. The van der Waals surface area contributed by atoms with Crippen LogP contribution >= 0.6 is 0 Å². The standard InChI is InChI=1S/C33H36FN5O4/c1-21-31(22(2)43-37-21)24-7-12-30(36-20-24)42-27-14-17-39(18-15-27)33(41)29-19-25(34)8-11-28(29)32(40)35-16-13-23-5-9-26(10-6-23)38(3)4/h5-12,19-20,27H,13-18H2,1-4H3,(H,35,40). The first-order valence-electron chi connectivity index (χ1n) is 14.4. The van der Waals surface area contributed by atoms with Gasteiger partial charge in [-0.05, 0) is 62.2 Å². The Morgan fingerprint density at radius 3 is 2.42 bits per heavy atom. The third-order valence-electron chi connectivity index (χ3n) is 7.68.